The minimum Gasteiger partial charge on any atom is -0.489 e. The molecule has 0 aliphatic carbocycles. The van der Waals surface area contributed by atoms with E-state index < -0.39 is 23.8 Å². The van der Waals surface area contributed by atoms with Crippen LogP contribution in [-0.2, 0) is 16.1 Å². The van der Waals surface area contributed by atoms with E-state index in [9.17, 15) is 19.5 Å². The van der Waals surface area contributed by atoms with Gasteiger partial charge in [-0.1, -0.05) is 30.3 Å². The van der Waals surface area contributed by atoms with Gasteiger partial charge in [-0.15, -0.1) is 0 Å². The molecule has 182 valence electrons. The Morgan fingerprint density at radius 2 is 1.85 bits per heavy atom. The van der Waals surface area contributed by atoms with Crippen molar-refractivity contribution in [3.05, 3.63) is 58.1 Å². The van der Waals surface area contributed by atoms with Gasteiger partial charge in [-0.3, -0.25) is 5.32 Å². The van der Waals surface area contributed by atoms with E-state index in [4.69, 9.17) is 14.2 Å². The third-order valence-electron chi connectivity index (χ3n) is 4.97. The van der Waals surface area contributed by atoms with Crippen LogP contribution < -0.4 is 10.1 Å². The Hall–Kier alpha value is -3.27. The number of esters is 1. The number of carboxylic acid groups (broad SMARTS) is 1. The zero-order chi connectivity index (χ0) is 24.9. The number of halogens is 1. The molecule has 1 heterocycles. The maximum Gasteiger partial charge on any atom is 0.411 e. The number of nitrogens with zero attached hydrogens (tertiary/aromatic N) is 1. The van der Waals surface area contributed by atoms with Crippen LogP contribution in [0.25, 0.3) is 0 Å². The van der Waals surface area contributed by atoms with Crippen LogP contribution in [0.5, 0.6) is 5.75 Å². The summed E-state index contributed by atoms with van der Waals surface area (Å²) >= 11 is 3.38. The molecule has 0 aromatic heterocycles. The first kappa shape index (κ1) is 25.4. The Bertz CT molecular complexity index is 1050. The van der Waals surface area contributed by atoms with Crippen molar-refractivity contribution in [2.24, 2.45) is 0 Å². The second-order valence-electron chi connectivity index (χ2n) is 8.72. The normalized spacial score (nSPS) is 15.2. The van der Waals surface area contributed by atoms with Gasteiger partial charge in [0.05, 0.1) is 16.2 Å². The highest BCUT2D eigenvalue weighted by atomic mass is 79.9. The van der Waals surface area contributed by atoms with Crippen LogP contribution in [0.4, 0.5) is 15.3 Å². The van der Waals surface area contributed by atoms with Crippen molar-refractivity contribution in [1.29, 1.82) is 0 Å². The molecule has 2 aromatic carbocycles. The molecule has 1 saturated heterocycles. The molecular formula is C24H27BrN2O7. The number of carbonyl (C=O) groups is 3. The third-order valence-corrected chi connectivity index (χ3v) is 5.60. The van der Waals surface area contributed by atoms with E-state index in [0.717, 1.165) is 5.56 Å². The summed E-state index contributed by atoms with van der Waals surface area (Å²) in [4.78, 5) is 38.1. The molecule has 0 spiro atoms. The lowest BCUT2D eigenvalue weighted by atomic mass is 10.1. The fourth-order valence-electron chi connectivity index (χ4n) is 3.25. The highest BCUT2D eigenvalue weighted by Gasteiger charge is 2.34. The first-order valence-corrected chi connectivity index (χ1v) is 11.5. The first-order chi connectivity index (χ1) is 16.0. The van der Waals surface area contributed by atoms with Gasteiger partial charge in [0.1, 0.15) is 30.1 Å². The molecule has 0 radical (unpaired) electrons. The molecule has 9 nitrogen and oxygen atoms in total. The smallest absolute Gasteiger partial charge is 0.411 e. The molecule has 1 fully saturated rings. The maximum atomic E-state index is 13.1. The van der Waals surface area contributed by atoms with Gasteiger partial charge in [-0.2, -0.15) is 0 Å². The molecule has 2 amide bonds. The SMILES string of the molecule is CC(C)(C)OC(=O)c1c(NC(=O)OCc2ccccc2)ccc(Br)c1OCC1CCN1C(=O)O. The summed E-state index contributed by atoms with van der Waals surface area (Å²) in [6.07, 6.45) is -1.13. The van der Waals surface area contributed by atoms with Gasteiger partial charge < -0.3 is 24.2 Å². The first-order valence-electron chi connectivity index (χ1n) is 10.7. The highest BCUT2D eigenvalue weighted by molar-refractivity contribution is 9.10. The number of hydrogen-bond acceptors (Lipinski definition) is 6. The maximum absolute atomic E-state index is 13.1. The summed E-state index contributed by atoms with van der Waals surface area (Å²) < 4.78 is 17.2. The predicted molar refractivity (Wildman–Crippen MR) is 128 cm³/mol. The average molecular weight is 535 g/mol. The molecule has 0 bridgehead atoms. The van der Waals surface area contributed by atoms with E-state index in [1.165, 1.54) is 11.0 Å². The van der Waals surface area contributed by atoms with Crippen LogP contribution in [0.15, 0.2) is 46.9 Å². The average Bonchev–Trinajstić information content (AvgIpc) is 2.72. The molecule has 34 heavy (non-hydrogen) atoms. The van der Waals surface area contributed by atoms with E-state index in [1.807, 2.05) is 30.3 Å². The summed E-state index contributed by atoms with van der Waals surface area (Å²) in [7, 11) is 0. The lowest BCUT2D eigenvalue weighted by molar-refractivity contribution is 0.00619. The summed E-state index contributed by atoms with van der Waals surface area (Å²) in [6, 6.07) is 12.0. The van der Waals surface area contributed by atoms with Crippen molar-refractivity contribution < 1.29 is 33.7 Å². The van der Waals surface area contributed by atoms with Gasteiger partial charge >= 0.3 is 18.2 Å². The van der Waals surface area contributed by atoms with Gasteiger partial charge in [0.2, 0.25) is 0 Å². The highest BCUT2D eigenvalue weighted by Crippen LogP contribution is 2.37. The molecule has 2 aromatic rings. The van der Waals surface area contributed by atoms with Gasteiger partial charge in [0, 0.05) is 6.54 Å². The van der Waals surface area contributed by atoms with E-state index in [0.29, 0.717) is 17.4 Å². The number of nitrogens with one attached hydrogen (secondary N) is 1. The Labute approximate surface area is 206 Å². The third kappa shape index (κ3) is 6.63. The minimum atomic E-state index is -1.03. The summed E-state index contributed by atoms with van der Waals surface area (Å²) in [6.45, 7) is 5.71. The van der Waals surface area contributed by atoms with E-state index >= 15 is 0 Å². The Balaban J connectivity index is 1.82. The van der Waals surface area contributed by atoms with Gasteiger partial charge in [0.15, 0.2) is 0 Å². The lowest BCUT2D eigenvalue weighted by Gasteiger charge is -2.38. The van der Waals surface area contributed by atoms with Crippen LogP contribution in [0.1, 0.15) is 43.1 Å². The Morgan fingerprint density at radius 3 is 2.44 bits per heavy atom. The number of likely N-dealkylation sites (tertiary alicyclic amines) is 1. The second kappa shape index (κ2) is 10.8. The van der Waals surface area contributed by atoms with Gasteiger partial charge in [0.25, 0.3) is 0 Å². The predicted octanol–water partition coefficient (Wildman–Crippen LogP) is 5.28. The van der Waals surface area contributed by atoms with Crippen molar-refractivity contribution in [3.63, 3.8) is 0 Å². The van der Waals surface area contributed by atoms with Crippen molar-refractivity contribution in [3.8, 4) is 5.75 Å². The van der Waals surface area contributed by atoms with Crippen molar-refractivity contribution in [1.82, 2.24) is 4.90 Å². The molecule has 0 saturated carbocycles. The summed E-state index contributed by atoms with van der Waals surface area (Å²) in [5.74, 6) is -0.557. The molecule has 2 N–H and O–H groups in total. The number of hydrogen-bond donors (Lipinski definition) is 2. The fraction of sp³-hybridized carbons (Fsp3) is 0.375. The van der Waals surface area contributed by atoms with Crippen molar-refractivity contribution >= 4 is 39.8 Å². The van der Waals surface area contributed by atoms with E-state index in [1.54, 1.807) is 26.8 Å². The standard InChI is InChI=1S/C24H27BrN2O7/c1-24(2,3)34-21(28)19-18(26-22(29)33-13-15-7-5-4-6-8-15)10-9-17(25)20(19)32-14-16-11-12-27(16)23(30)31/h4-10,16H,11-14H2,1-3H3,(H,26,29)(H,30,31). The van der Waals surface area contributed by atoms with Gasteiger partial charge in [-0.05, 0) is 60.8 Å². The second-order valence-corrected chi connectivity index (χ2v) is 9.57. The number of carbonyl (C=O) groups excluding carboxylic acids is 2. The largest absolute Gasteiger partial charge is 0.489 e. The van der Waals surface area contributed by atoms with Crippen LogP contribution in [0, 0.1) is 0 Å². The van der Waals surface area contributed by atoms with Crippen molar-refractivity contribution in [2.75, 3.05) is 18.5 Å². The molecule has 1 aliphatic heterocycles. The Morgan fingerprint density at radius 1 is 1.15 bits per heavy atom. The van der Waals surface area contributed by atoms with Crippen LogP contribution >= 0.6 is 15.9 Å². The number of ether oxygens (including phenoxy) is 3. The molecule has 1 aliphatic rings. The lowest BCUT2D eigenvalue weighted by Crippen LogP contribution is -2.53. The topological polar surface area (TPSA) is 114 Å². The monoisotopic (exact) mass is 534 g/mol. The molecular weight excluding hydrogens is 508 g/mol. The minimum absolute atomic E-state index is 0.00200. The quantitative estimate of drug-likeness (QED) is 0.464. The number of rotatable bonds is 7. The van der Waals surface area contributed by atoms with E-state index in [-0.39, 0.29) is 36.3 Å². The number of anilines is 1. The zero-order valence-electron chi connectivity index (χ0n) is 19.2. The number of amides is 2. The zero-order valence-corrected chi connectivity index (χ0v) is 20.8. The fourth-order valence-corrected chi connectivity index (χ4v) is 3.69. The number of benzene rings is 2. The van der Waals surface area contributed by atoms with Crippen LogP contribution in [0.3, 0.4) is 0 Å². The summed E-state index contributed by atoms with van der Waals surface area (Å²) in [5, 5.41) is 11.8. The van der Waals surface area contributed by atoms with Crippen LogP contribution in [-0.4, -0.2) is 53.0 Å². The van der Waals surface area contributed by atoms with Gasteiger partial charge in [-0.25, -0.2) is 14.4 Å². The van der Waals surface area contributed by atoms with Crippen molar-refractivity contribution in [2.45, 2.75) is 45.4 Å². The van der Waals surface area contributed by atoms with E-state index in [2.05, 4.69) is 21.2 Å². The molecule has 10 heteroatoms. The molecule has 3 rings (SSSR count). The molecule has 1 unspecified atom stereocenters. The summed E-state index contributed by atoms with van der Waals surface area (Å²) in [5.41, 5.74) is 0.167. The Kier molecular flexibility index (Phi) is 8.03. The van der Waals surface area contributed by atoms with Crippen LogP contribution in [0.2, 0.25) is 0 Å². The molecule has 1 atom stereocenters.